The van der Waals surface area contributed by atoms with E-state index in [1.165, 1.54) is 26.0 Å². The topological polar surface area (TPSA) is 195 Å². The summed E-state index contributed by atoms with van der Waals surface area (Å²) < 4.78 is 14.3. The molecule has 2 heterocycles. The maximum atomic E-state index is 11.8. The lowest BCUT2D eigenvalue weighted by Gasteiger charge is -2.22. The number of nitrogen functional groups attached to an aromatic ring is 2. The zero-order chi connectivity index (χ0) is 31.4. The summed E-state index contributed by atoms with van der Waals surface area (Å²) in [5.41, 5.74) is 11.7. The first-order valence-corrected chi connectivity index (χ1v) is 14.2. The number of alkyl carbamates (subject to hydrolysis) is 1. The van der Waals surface area contributed by atoms with Gasteiger partial charge >= 0.3 is 18.0 Å². The van der Waals surface area contributed by atoms with Crippen LogP contribution in [0, 0.1) is 5.92 Å². The Bertz CT molecular complexity index is 1100. The first-order chi connectivity index (χ1) is 19.3. The summed E-state index contributed by atoms with van der Waals surface area (Å²) in [6.07, 6.45) is 4.85. The van der Waals surface area contributed by atoms with Crippen LogP contribution in [0.4, 0.5) is 16.7 Å². The van der Waals surface area contributed by atoms with E-state index < -0.39 is 23.7 Å². The van der Waals surface area contributed by atoms with Crippen molar-refractivity contribution in [2.75, 3.05) is 42.9 Å². The summed E-state index contributed by atoms with van der Waals surface area (Å²) in [5, 5.41) is 2.53. The lowest BCUT2D eigenvalue weighted by molar-refractivity contribution is -0.144. The molecule has 2 aromatic heterocycles. The average Bonchev–Trinajstić information content (AvgIpc) is 2.93. The molecular formula is C27H45N7O6S2. The number of hydrogen-bond acceptors (Lipinski definition) is 14. The van der Waals surface area contributed by atoms with E-state index in [0.29, 0.717) is 23.7 Å². The average molecular weight is 628 g/mol. The molecule has 0 fully saturated rings. The van der Waals surface area contributed by atoms with Crippen molar-refractivity contribution in [3.8, 4) is 0 Å². The molecule has 0 saturated carbocycles. The van der Waals surface area contributed by atoms with E-state index in [0.717, 1.165) is 11.4 Å². The van der Waals surface area contributed by atoms with Crippen molar-refractivity contribution in [3.63, 3.8) is 0 Å². The van der Waals surface area contributed by atoms with Crippen LogP contribution in [0.2, 0.25) is 0 Å². The van der Waals surface area contributed by atoms with Gasteiger partial charge in [-0.25, -0.2) is 29.5 Å². The minimum absolute atomic E-state index is 0. The number of anilines is 2. The Labute approximate surface area is 258 Å². The molecule has 1 amide bonds. The van der Waals surface area contributed by atoms with Gasteiger partial charge in [0, 0.05) is 29.6 Å². The molecule has 13 nitrogen and oxygen atoms in total. The molecule has 42 heavy (non-hydrogen) atoms. The maximum Gasteiger partial charge on any atom is 0.408 e. The van der Waals surface area contributed by atoms with Crippen LogP contribution >= 0.6 is 24.4 Å². The molecule has 5 N–H and O–H groups in total. The number of carbonyl (C=O) groups is 3. The summed E-state index contributed by atoms with van der Waals surface area (Å²) in [5.74, 6) is 1.35. The van der Waals surface area contributed by atoms with Gasteiger partial charge in [-0.3, -0.25) is 4.79 Å². The van der Waals surface area contributed by atoms with Crippen LogP contribution in [0.15, 0.2) is 31.1 Å². The van der Waals surface area contributed by atoms with Crippen LogP contribution in [-0.2, 0) is 30.2 Å². The van der Waals surface area contributed by atoms with Crippen molar-refractivity contribution in [2.45, 2.75) is 53.2 Å². The number of carbonyl (C=O) groups excluding carboxylic acids is 3. The monoisotopic (exact) mass is 627 g/mol. The van der Waals surface area contributed by atoms with Crippen LogP contribution in [-0.4, -0.2) is 81.1 Å². The second-order valence-corrected chi connectivity index (χ2v) is 10.6. The van der Waals surface area contributed by atoms with Crippen LogP contribution in [0.25, 0.3) is 6.08 Å². The van der Waals surface area contributed by atoms with E-state index in [-0.39, 0.29) is 31.2 Å². The third-order valence-electron chi connectivity index (χ3n) is 4.48. The maximum absolute atomic E-state index is 11.8. The van der Waals surface area contributed by atoms with Crippen LogP contribution in [0.1, 0.15) is 46.5 Å². The van der Waals surface area contributed by atoms with E-state index in [9.17, 15) is 14.4 Å². The molecule has 2 aromatic rings. The molecule has 0 spiro atoms. The molecule has 0 aromatic carbocycles. The minimum Gasteiger partial charge on any atom is -0.469 e. The molecule has 2 rings (SSSR count). The molecular weight excluding hydrogens is 582 g/mol. The van der Waals surface area contributed by atoms with Crippen LogP contribution in [0.3, 0.4) is 0 Å². The number of esters is 2. The second-order valence-electron chi connectivity index (χ2n) is 9.10. The second kappa shape index (κ2) is 22.1. The number of nitrogens with two attached hydrogens (primary N) is 2. The van der Waals surface area contributed by atoms with Crippen molar-refractivity contribution in [1.82, 2.24) is 25.3 Å². The number of nitrogens with one attached hydrogen (secondary N) is 1. The molecule has 0 aliphatic rings. The van der Waals surface area contributed by atoms with Crippen LogP contribution in [0.5, 0.6) is 0 Å². The van der Waals surface area contributed by atoms with Gasteiger partial charge in [0.2, 0.25) is 11.9 Å². The molecule has 2 atom stereocenters. The van der Waals surface area contributed by atoms with Gasteiger partial charge in [-0.2, -0.15) is 24.4 Å². The third-order valence-corrected chi connectivity index (χ3v) is 6.09. The van der Waals surface area contributed by atoms with Gasteiger partial charge in [0.1, 0.15) is 11.6 Å². The third kappa shape index (κ3) is 19.5. The summed E-state index contributed by atoms with van der Waals surface area (Å²) in [7, 11) is 2.66. The molecule has 0 bridgehead atoms. The highest BCUT2D eigenvalue weighted by molar-refractivity contribution is 7.99. The molecule has 15 heteroatoms. The SMILES string of the molecule is C.C=Cc1ccnc(N)n1.COC(=O)C(CSCCc1ccnc(N)n1)NC(=O)OC(C)(C)C.COC(=O)[C@@H](C)CS. The van der Waals surface area contributed by atoms with Crippen molar-refractivity contribution < 1.29 is 28.6 Å². The fourth-order valence-corrected chi connectivity index (χ4v) is 3.59. The summed E-state index contributed by atoms with van der Waals surface area (Å²) in [4.78, 5) is 49.5. The highest BCUT2D eigenvalue weighted by Crippen LogP contribution is 2.11. The standard InChI is InChI=1S/C15H24N4O4S.C6H7N3.C5H10O2S.CH4/c1-15(2,3)23-14(21)19-11(12(20)22-4)9-24-8-6-10-5-7-17-13(16)18-10;1-2-5-3-4-8-6(7)9-5;1-4(3-8)5(6)7-2;/h5,7,11H,6,8-9H2,1-4H3,(H,19,21)(H2,16,17,18);2-4H,1H2,(H2,7,8,9);4,8H,3H2,1-2H3;1H4/t;;4-;/m..0./s1. The zero-order valence-electron chi connectivity index (χ0n) is 24.3. The molecule has 0 aliphatic carbocycles. The Kier molecular flexibility index (Phi) is 21.3. The van der Waals surface area contributed by atoms with Crippen molar-refractivity contribution in [1.29, 1.82) is 0 Å². The molecule has 0 saturated heterocycles. The quantitative estimate of drug-likeness (QED) is 0.130. The zero-order valence-corrected chi connectivity index (χ0v) is 26.0. The number of nitrogens with zero attached hydrogens (tertiary/aromatic N) is 4. The number of thiol groups is 1. The van der Waals surface area contributed by atoms with Gasteiger partial charge < -0.3 is 31.0 Å². The Hall–Kier alpha value is -3.59. The van der Waals surface area contributed by atoms with Crippen molar-refractivity contribution in [2.24, 2.45) is 5.92 Å². The summed E-state index contributed by atoms with van der Waals surface area (Å²) in [6.45, 7) is 10.6. The van der Waals surface area contributed by atoms with Crippen molar-refractivity contribution >= 4 is 60.4 Å². The first kappa shape index (κ1) is 40.5. The van der Waals surface area contributed by atoms with Gasteiger partial charge in [0.05, 0.1) is 25.8 Å². The van der Waals surface area contributed by atoms with E-state index in [1.54, 1.807) is 58.3 Å². The van der Waals surface area contributed by atoms with E-state index in [4.69, 9.17) is 20.9 Å². The van der Waals surface area contributed by atoms with Gasteiger partial charge in [-0.15, -0.1) is 0 Å². The number of aryl methyl sites for hydroxylation is 1. The Morgan fingerprint density at radius 1 is 1.07 bits per heavy atom. The number of rotatable bonds is 10. The lowest BCUT2D eigenvalue weighted by Crippen LogP contribution is -2.45. The largest absolute Gasteiger partial charge is 0.469 e. The number of thioether (sulfide) groups is 1. The molecule has 0 radical (unpaired) electrons. The minimum atomic E-state index is -0.773. The van der Waals surface area contributed by atoms with E-state index >= 15 is 0 Å². The fourth-order valence-electron chi connectivity index (χ4n) is 2.47. The Morgan fingerprint density at radius 2 is 1.64 bits per heavy atom. The predicted octanol–water partition coefficient (Wildman–Crippen LogP) is 3.46. The number of ether oxygens (including phenoxy) is 3. The smallest absolute Gasteiger partial charge is 0.408 e. The number of hydrogen-bond donors (Lipinski definition) is 4. The first-order valence-electron chi connectivity index (χ1n) is 12.4. The molecule has 1 unspecified atom stereocenters. The number of aromatic nitrogens is 4. The molecule has 236 valence electrons. The number of amides is 1. The summed E-state index contributed by atoms with van der Waals surface area (Å²) >= 11 is 5.40. The van der Waals surface area contributed by atoms with Gasteiger partial charge in [-0.05, 0) is 51.2 Å². The lowest BCUT2D eigenvalue weighted by atomic mass is 10.2. The predicted molar refractivity (Wildman–Crippen MR) is 171 cm³/mol. The normalized spacial score (nSPS) is 11.4. The van der Waals surface area contributed by atoms with E-state index in [1.807, 2.05) is 0 Å². The van der Waals surface area contributed by atoms with Gasteiger partial charge in [-0.1, -0.05) is 20.9 Å². The van der Waals surface area contributed by atoms with E-state index in [2.05, 4.69) is 49.2 Å². The highest BCUT2D eigenvalue weighted by atomic mass is 32.2. The Balaban J connectivity index is 0. The Morgan fingerprint density at radius 3 is 2.07 bits per heavy atom. The number of methoxy groups -OCH3 is 2. The van der Waals surface area contributed by atoms with Gasteiger partial charge in [0.15, 0.2) is 0 Å². The van der Waals surface area contributed by atoms with Crippen LogP contribution < -0.4 is 16.8 Å². The highest BCUT2D eigenvalue weighted by Gasteiger charge is 2.24. The fraction of sp³-hybridized carbons (Fsp3) is 0.519. The molecule has 0 aliphatic heterocycles. The van der Waals surface area contributed by atoms with Gasteiger partial charge in [0.25, 0.3) is 0 Å². The summed E-state index contributed by atoms with van der Waals surface area (Å²) in [6, 6.07) is 2.75. The van der Waals surface area contributed by atoms with Crippen molar-refractivity contribution in [3.05, 3.63) is 42.5 Å².